The number of allylic oxidation sites excluding steroid dienone is 1. The third kappa shape index (κ3) is 2.71. The van der Waals surface area contributed by atoms with Crippen molar-refractivity contribution in [1.82, 2.24) is 0 Å². The number of nitrogens with zero attached hydrogens (tertiary/aromatic N) is 1. The molecule has 0 saturated carbocycles. The van der Waals surface area contributed by atoms with Crippen LogP contribution in [0.25, 0.3) is 0 Å². The molecule has 8 heteroatoms. The molecule has 2 heterocycles. The maximum Gasteiger partial charge on any atom is 0.339 e. The van der Waals surface area contributed by atoms with E-state index in [0.717, 1.165) is 0 Å². The Balaban J connectivity index is 2.46. The summed E-state index contributed by atoms with van der Waals surface area (Å²) >= 11 is 0. The van der Waals surface area contributed by atoms with Crippen molar-refractivity contribution in [3.05, 3.63) is 65.2 Å². The molecule has 0 aliphatic carbocycles. The van der Waals surface area contributed by atoms with Crippen LogP contribution in [0.1, 0.15) is 19.4 Å². The summed E-state index contributed by atoms with van der Waals surface area (Å²) in [5.41, 5.74) is 5.14. The minimum atomic E-state index is -1.89. The smallest absolute Gasteiger partial charge is 0.339 e. The molecule has 29 heavy (non-hydrogen) atoms. The standard InChI is InChI=1S/C21H22N2O6/c1-5-11-23-14-10-8-7-9-13(14)21(16(17(23)22)18(24)27-4)15(19(25)28-6-2)12(3)29-20(21)26/h5,7-10H,1,6,11,22H2,2-4H3/t21-/m0/s1. The first-order valence-corrected chi connectivity index (χ1v) is 9.03. The highest BCUT2D eigenvalue weighted by atomic mass is 16.6. The van der Waals surface area contributed by atoms with Crippen LogP contribution in [0.15, 0.2) is 59.6 Å². The fourth-order valence-electron chi connectivity index (χ4n) is 3.91. The van der Waals surface area contributed by atoms with Crippen molar-refractivity contribution in [2.45, 2.75) is 19.3 Å². The first-order valence-electron chi connectivity index (χ1n) is 9.03. The number of ether oxygens (including phenoxy) is 3. The summed E-state index contributed by atoms with van der Waals surface area (Å²) in [4.78, 5) is 40.7. The van der Waals surface area contributed by atoms with E-state index in [1.807, 2.05) is 0 Å². The predicted molar refractivity (Wildman–Crippen MR) is 104 cm³/mol. The van der Waals surface area contributed by atoms with Crippen molar-refractivity contribution < 1.29 is 28.6 Å². The van der Waals surface area contributed by atoms with E-state index in [1.54, 1.807) is 42.2 Å². The van der Waals surface area contributed by atoms with Crippen LogP contribution < -0.4 is 10.6 Å². The summed E-state index contributed by atoms with van der Waals surface area (Å²) in [6.45, 7) is 7.19. The summed E-state index contributed by atoms with van der Waals surface area (Å²) in [6, 6.07) is 6.86. The Bertz CT molecular complexity index is 977. The first-order chi connectivity index (χ1) is 13.9. The Hall–Kier alpha value is -3.55. The average molecular weight is 398 g/mol. The van der Waals surface area contributed by atoms with Gasteiger partial charge in [0.2, 0.25) is 0 Å². The fraction of sp³-hybridized carbons (Fsp3) is 0.286. The third-order valence-corrected chi connectivity index (χ3v) is 4.98. The number of nitrogens with two attached hydrogens (primary N) is 1. The molecule has 0 bridgehead atoms. The first kappa shape index (κ1) is 20.2. The van der Waals surface area contributed by atoms with Gasteiger partial charge in [-0.3, -0.25) is 0 Å². The SMILES string of the molecule is C=CCN1C(N)=C(C(=O)OC)[C@]2(C(=O)OC(C)=C2C(=O)OCC)c2ccccc21. The molecule has 0 unspecified atom stereocenters. The zero-order valence-electron chi connectivity index (χ0n) is 16.5. The highest BCUT2D eigenvalue weighted by Gasteiger charge is 2.63. The Kier molecular flexibility index (Phi) is 5.19. The van der Waals surface area contributed by atoms with Gasteiger partial charge < -0.3 is 24.8 Å². The highest BCUT2D eigenvalue weighted by Crippen LogP contribution is 2.53. The van der Waals surface area contributed by atoms with Crippen molar-refractivity contribution in [3.8, 4) is 0 Å². The van der Waals surface area contributed by atoms with Crippen molar-refractivity contribution in [3.63, 3.8) is 0 Å². The third-order valence-electron chi connectivity index (χ3n) is 4.98. The number of anilines is 1. The highest BCUT2D eigenvalue weighted by molar-refractivity contribution is 6.16. The fourth-order valence-corrected chi connectivity index (χ4v) is 3.91. The van der Waals surface area contributed by atoms with Crippen LogP contribution in [-0.4, -0.2) is 38.2 Å². The van der Waals surface area contributed by atoms with Gasteiger partial charge >= 0.3 is 17.9 Å². The molecule has 8 nitrogen and oxygen atoms in total. The van der Waals surface area contributed by atoms with E-state index >= 15 is 0 Å². The summed E-state index contributed by atoms with van der Waals surface area (Å²) in [6.07, 6.45) is 1.61. The number of hydrogen-bond donors (Lipinski definition) is 1. The van der Waals surface area contributed by atoms with Gasteiger partial charge in [-0.2, -0.15) is 0 Å². The molecule has 2 aliphatic heterocycles. The summed E-state index contributed by atoms with van der Waals surface area (Å²) < 4.78 is 15.5. The largest absolute Gasteiger partial charge is 0.466 e. The molecule has 1 aromatic rings. The second kappa shape index (κ2) is 7.46. The lowest BCUT2D eigenvalue weighted by Crippen LogP contribution is -2.50. The van der Waals surface area contributed by atoms with Crippen LogP contribution >= 0.6 is 0 Å². The Morgan fingerprint density at radius 3 is 2.59 bits per heavy atom. The number of carbonyl (C=O) groups excluding carboxylic acids is 3. The van der Waals surface area contributed by atoms with Gasteiger partial charge in [0.15, 0.2) is 5.41 Å². The Morgan fingerprint density at radius 2 is 1.97 bits per heavy atom. The van der Waals surface area contributed by atoms with E-state index in [0.29, 0.717) is 11.3 Å². The lowest BCUT2D eigenvalue weighted by molar-refractivity contribution is -0.146. The number of cyclic esters (lactones) is 1. The van der Waals surface area contributed by atoms with E-state index in [4.69, 9.17) is 19.9 Å². The van der Waals surface area contributed by atoms with Crippen molar-refractivity contribution >= 4 is 23.6 Å². The number of benzene rings is 1. The van der Waals surface area contributed by atoms with Gasteiger partial charge in [0.05, 0.1) is 13.7 Å². The summed E-state index contributed by atoms with van der Waals surface area (Å²) in [5, 5.41) is 0. The van der Waals surface area contributed by atoms with Gasteiger partial charge in [-0.25, -0.2) is 14.4 Å². The number of fused-ring (bicyclic) bond motifs is 2. The zero-order chi connectivity index (χ0) is 21.3. The molecule has 1 spiro atoms. The number of methoxy groups -OCH3 is 1. The maximum absolute atomic E-state index is 13.3. The van der Waals surface area contributed by atoms with Gasteiger partial charge in [-0.15, -0.1) is 6.58 Å². The molecule has 1 aromatic carbocycles. The number of para-hydroxylation sites is 1. The minimum Gasteiger partial charge on any atom is -0.466 e. The Labute approximate surface area is 168 Å². The van der Waals surface area contributed by atoms with Crippen LogP contribution in [-0.2, 0) is 34.0 Å². The van der Waals surface area contributed by atoms with E-state index < -0.39 is 23.3 Å². The quantitative estimate of drug-likeness (QED) is 0.453. The molecule has 0 fully saturated rings. The van der Waals surface area contributed by atoms with Gasteiger partial charge in [-0.1, -0.05) is 24.3 Å². The second-order valence-electron chi connectivity index (χ2n) is 6.46. The molecule has 152 valence electrons. The van der Waals surface area contributed by atoms with E-state index in [9.17, 15) is 14.4 Å². The van der Waals surface area contributed by atoms with Crippen LogP contribution in [0.4, 0.5) is 5.69 Å². The molecule has 3 rings (SSSR count). The number of esters is 3. The second-order valence-corrected chi connectivity index (χ2v) is 6.46. The molecule has 0 radical (unpaired) electrons. The number of rotatable bonds is 5. The molecule has 0 amide bonds. The predicted octanol–water partition coefficient (Wildman–Crippen LogP) is 1.67. The molecular formula is C21H22N2O6. The topological polar surface area (TPSA) is 108 Å². The molecular weight excluding hydrogens is 376 g/mol. The lowest BCUT2D eigenvalue weighted by Gasteiger charge is -2.40. The zero-order valence-corrected chi connectivity index (χ0v) is 16.5. The number of carbonyl (C=O) groups is 3. The van der Waals surface area contributed by atoms with Crippen LogP contribution in [0.2, 0.25) is 0 Å². The summed E-state index contributed by atoms with van der Waals surface area (Å²) in [7, 11) is 1.18. The number of hydrogen-bond acceptors (Lipinski definition) is 8. The van der Waals surface area contributed by atoms with Crippen LogP contribution in [0.3, 0.4) is 0 Å². The lowest BCUT2D eigenvalue weighted by atomic mass is 9.66. The molecule has 0 aromatic heterocycles. The van der Waals surface area contributed by atoms with Gasteiger partial charge in [0.25, 0.3) is 0 Å². The van der Waals surface area contributed by atoms with E-state index in [2.05, 4.69) is 6.58 Å². The van der Waals surface area contributed by atoms with Crippen LogP contribution in [0, 0.1) is 0 Å². The summed E-state index contributed by atoms with van der Waals surface area (Å²) in [5.74, 6) is -2.40. The van der Waals surface area contributed by atoms with E-state index in [1.165, 1.54) is 14.0 Å². The molecule has 1 atom stereocenters. The minimum absolute atomic E-state index is 0.0242. The molecule has 2 N–H and O–H groups in total. The van der Waals surface area contributed by atoms with Crippen LogP contribution in [0.5, 0.6) is 0 Å². The monoisotopic (exact) mass is 398 g/mol. The van der Waals surface area contributed by atoms with E-state index in [-0.39, 0.29) is 35.9 Å². The molecule has 0 saturated heterocycles. The average Bonchev–Trinajstić information content (AvgIpc) is 2.95. The van der Waals surface area contributed by atoms with Crippen molar-refractivity contribution in [2.24, 2.45) is 5.73 Å². The molecule has 2 aliphatic rings. The van der Waals surface area contributed by atoms with Gasteiger partial charge in [0, 0.05) is 17.8 Å². The maximum atomic E-state index is 13.3. The Morgan fingerprint density at radius 1 is 1.28 bits per heavy atom. The van der Waals surface area contributed by atoms with Crippen molar-refractivity contribution in [2.75, 3.05) is 25.2 Å². The van der Waals surface area contributed by atoms with Crippen molar-refractivity contribution in [1.29, 1.82) is 0 Å². The van der Waals surface area contributed by atoms with Gasteiger partial charge in [0.1, 0.15) is 22.7 Å². The van der Waals surface area contributed by atoms with Gasteiger partial charge in [-0.05, 0) is 19.9 Å². The normalized spacial score (nSPS) is 20.5.